The average Bonchev–Trinajstić information content (AvgIpc) is 2.74. The molecule has 1 amide bonds. The van der Waals surface area contributed by atoms with Crippen LogP contribution in [0, 0.1) is 0 Å². The zero-order valence-electron chi connectivity index (χ0n) is 15.9. The number of hydrogen-bond donors (Lipinski definition) is 2. The molecule has 3 aromatic rings. The Bertz CT molecular complexity index is 880. The Morgan fingerprint density at radius 2 is 1.68 bits per heavy atom. The Labute approximate surface area is 165 Å². The number of benzene rings is 3. The molecule has 0 bridgehead atoms. The maximum atomic E-state index is 12.4. The van der Waals surface area contributed by atoms with E-state index in [1.54, 1.807) is 31.4 Å². The summed E-state index contributed by atoms with van der Waals surface area (Å²) in [5, 5.41) is 6.27. The van der Waals surface area contributed by atoms with Gasteiger partial charge in [-0.1, -0.05) is 30.3 Å². The molecule has 0 spiro atoms. The van der Waals surface area contributed by atoms with Gasteiger partial charge in [-0.15, -0.1) is 0 Å². The van der Waals surface area contributed by atoms with Crippen LogP contribution in [0.5, 0.6) is 11.5 Å². The number of para-hydroxylation sites is 1. The molecule has 0 radical (unpaired) electrons. The quantitative estimate of drug-likeness (QED) is 0.552. The normalized spacial score (nSPS) is 10.3. The molecule has 5 nitrogen and oxygen atoms in total. The Balaban J connectivity index is 1.46. The highest BCUT2D eigenvalue weighted by Gasteiger charge is 2.06. The molecular formula is C23H24N2O3. The Morgan fingerprint density at radius 1 is 0.893 bits per heavy atom. The molecule has 5 heteroatoms. The van der Waals surface area contributed by atoms with Crippen molar-refractivity contribution in [2.24, 2.45) is 0 Å². The van der Waals surface area contributed by atoms with Crippen LogP contribution in [0.15, 0.2) is 78.9 Å². The van der Waals surface area contributed by atoms with Crippen LogP contribution in [0.25, 0.3) is 0 Å². The number of methoxy groups -OCH3 is 1. The Hall–Kier alpha value is -3.31. The van der Waals surface area contributed by atoms with E-state index in [0.29, 0.717) is 18.7 Å². The minimum Gasteiger partial charge on any atom is -0.497 e. The summed E-state index contributed by atoms with van der Waals surface area (Å²) in [7, 11) is 1.60. The number of carbonyl (C=O) groups excluding carboxylic acids is 1. The largest absolute Gasteiger partial charge is 0.497 e. The summed E-state index contributed by atoms with van der Waals surface area (Å²) in [6.07, 6.45) is 0. The predicted molar refractivity (Wildman–Crippen MR) is 111 cm³/mol. The summed E-state index contributed by atoms with van der Waals surface area (Å²) >= 11 is 0. The minimum absolute atomic E-state index is 0.149. The summed E-state index contributed by atoms with van der Waals surface area (Å²) in [5.41, 5.74) is 2.44. The monoisotopic (exact) mass is 376 g/mol. The second-order valence-electron chi connectivity index (χ2n) is 6.22. The first-order valence-corrected chi connectivity index (χ1v) is 9.17. The minimum atomic E-state index is -0.149. The van der Waals surface area contributed by atoms with Gasteiger partial charge in [0.1, 0.15) is 18.1 Å². The zero-order valence-corrected chi connectivity index (χ0v) is 15.9. The third-order valence-electron chi connectivity index (χ3n) is 4.16. The number of hydrogen-bond acceptors (Lipinski definition) is 4. The van der Waals surface area contributed by atoms with E-state index < -0.39 is 0 Å². The molecule has 0 saturated heterocycles. The lowest BCUT2D eigenvalue weighted by Gasteiger charge is -2.10. The summed E-state index contributed by atoms with van der Waals surface area (Å²) in [6, 6.07) is 24.6. The SMILES string of the molecule is COc1ccc(C(=O)Nc2cccc(CNCCOc3ccccc3)c2)cc1. The lowest BCUT2D eigenvalue weighted by molar-refractivity contribution is 0.102. The second kappa shape index (κ2) is 10.1. The van der Waals surface area contributed by atoms with E-state index in [1.807, 2.05) is 54.6 Å². The maximum Gasteiger partial charge on any atom is 0.255 e. The van der Waals surface area contributed by atoms with Gasteiger partial charge in [0, 0.05) is 24.3 Å². The Kier molecular flexibility index (Phi) is 7.04. The first kappa shape index (κ1) is 19.5. The van der Waals surface area contributed by atoms with Gasteiger partial charge in [-0.05, 0) is 54.1 Å². The highest BCUT2D eigenvalue weighted by molar-refractivity contribution is 6.04. The highest BCUT2D eigenvalue weighted by Crippen LogP contribution is 2.15. The second-order valence-corrected chi connectivity index (χ2v) is 6.22. The van der Waals surface area contributed by atoms with Crippen molar-refractivity contribution in [3.8, 4) is 11.5 Å². The van der Waals surface area contributed by atoms with Crippen LogP contribution >= 0.6 is 0 Å². The molecule has 144 valence electrons. The number of nitrogens with one attached hydrogen (secondary N) is 2. The predicted octanol–water partition coefficient (Wildman–Crippen LogP) is 4.12. The topological polar surface area (TPSA) is 59.6 Å². The summed E-state index contributed by atoms with van der Waals surface area (Å²) in [5.74, 6) is 1.44. The van der Waals surface area contributed by atoms with Crippen molar-refractivity contribution in [2.45, 2.75) is 6.54 Å². The van der Waals surface area contributed by atoms with Crippen molar-refractivity contribution in [1.82, 2.24) is 5.32 Å². The highest BCUT2D eigenvalue weighted by atomic mass is 16.5. The first-order valence-electron chi connectivity index (χ1n) is 9.17. The summed E-state index contributed by atoms with van der Waals surface area (Å²) in [6.45, 7) is 2.03. The number of ether oxygens (including phenoxy) is 2. The molecule has 3 rings (SSSR count). The molecule has 28 heavy (non-hydrogen) atoms. The van der Waals surface area contributed by atoms with E-state index >= 15 is 0 Å². The van der Waals surface area contributed by atoms with Crippen molar-refractivity contribution in [3.63, 3.8) is 0 Å². The summed E-state index contributed by atoms with van der Waals surface area (Å²) in [4.78, 5) is 12.4. The van der Waals surface area contributed by atoms with Gasteiger partial charge < -0.3 is 20.1 Å². The lowest BCUT2D eigenvalue weighted by atomic mass is 10.1. The van der Waals surface area contributed by atoms with Crippen LogP contribution in [0.1, 0.15) is 15.9 Å². The van der Waals surface area contributed by atoms with E-state index in [4.69, 9.17) is 9.47 Å². The number of carbonyl (C=O) groups is 1. The van der Waals surface area contributed by atoms with Crippen LogP contribution in [-0.4, -0.2) is 26.2 Å². The molecule has 2 N–H and O–H groups in total. The van der Waals surface area contributed by atoms with E-state index in [0.717, 1.165) is 29.3 Å². The molecule has 0 aromatic heterocycles. The van der Waals surface area contributed by atoms with Gasteiger partial charge in [-0.25, -0.2) is 0 Å². The molecule has 0 heterocycles. The van der Waals surface area contributed by atoms with Gasteiger partial charge in [0.2, 0.25) is 0 Å². The van der Waals surface area contributed by atoms with Crippen molar-refractivity contribution >= 4 is 11.6 Å². The van der Waals surface area contributed by atoms with Crippen molar-refractivity contribution in [1.29, 1.82) is 0 Å². The van der Waals surface area contributed by atoms with E-state index in [1.165, 1.54) is 0 Å². The molecule has 3 aromatic carbocycles. The van der Waals surface area contributed by atoms with E-state index in [-0.39, 0.29) is 5.91 Å². The zero-order chi connectivity index (χ0) is 19.6. The van der Waals surface area contributed by atoms with Crippen molar-refractivity contribution < 1.29 is 14.3 Å². The molecule has 0 aliphatic rings. The van der Waals surface area contributed by atoms with Gasteiger partial charge in [0.25, 0.3) is 5.91 Å². The third kappa shape index (κ3) is 5.86. The van der Waals surface area contributed by atoms with Crippen LogP contribution in [0.3, 0.4) is 0 Å². The smallest absolute Gasteiger partial charge is 0.255 e. The molecule has 0 saturated carbocycles. The molecule has 0 aliphatic heterocycles. The van der Waals surface area contributed by atoms with Crippen molar-refractivity contribution in [3.05, 3.63) is 90.0 Å². The van der Waals surface area contributed by atoms with Gasteiger partial charge in [-0.3, -0.25) is 4.79 Å². The Morgan fingerprint density at radius 3 is 2.43 bits per heavy atom. The molecule has 0 atom stereocenters. The van der Waals surface area contributed by atoms with Gasteiger partial charge >= 0.3 is 0 Å². The van der Waals surface area contributed by atoms with Crippen LogP contribution < -0.4 is 20.1 Å². The van der Waals surface area contributed by atoms with E-state index in [2.05, 4.69) is 10.6 Å². The number of rotatable bonds is 9. The number of anilines is 1. The third-order valence-corrected chi connectivity index (χ3v) is 4.16. The van der Waals surface area contributed by atoms with Gasteiger partial charge in [0.15, 0.2) is 0 Å². The first-order chi connectivity index (χ1) is 13.7. The lowest BCUT2D eigenvalue weighted by Crippen LogP contribution is -2.20. The van der Waals surface area contributed by atoms with Gasteiger partial charge in [-0.2, -0.15) is 0 Å². The van der Waals surface area contributed by atoms with Crippen LogP contribution in [-0.2, 0) is 6.54 Å². The fourth-order valence-corrected chi connectivity index (χ4v) is 2.70. The average molecular weight is 376 g/mol. The standard InChI is InChI=1S/C23H24N2O3/c1-27-21-12-10-19(11-13-21)23(26)25-20-7-5-6-18(16-20)17-24-14-15-28-22-8-3-2-4-9-22/h2-13,16,24H,14-15,17H2,1H3,(H,25,26). The van der Waals surface area contributed by atoms with Gasteiger partial charge in [0.05, 0.1) is 7.11 Å². The summed E-state index contributed by atoms with van der Waals surface area (Å²) < 4.78 is 10.8. The van der Waals surface area contributed by atoms with Crippen LogP contribution in [0.2, 0.25) is 0 Å². The maximum absolute atomic E-state index is 12.4. The molecular weight excluding hydrogens is 352 g/mol. The fourth-order valence-electron chi connectivity index (χ4n) is 2.70. The fraction of sp³-hybridized carbons (Fsp3) is 0.174. The molecule has 0 unspecified atom stereocenters. The molecule has 0 aliphatic carbocycles. The van der Waals surface area contributed by atoms with Crippen molar-refractivity contribution in [2.75, 3.05) is 25.6 Å². The van der Waals surface area contributed by atoms with E-state index in [9.17, 15) is 4.79 Å². The molecule has 0 fully saturated rings. The number of amides is 1. The van der Waals surface area contributed by atoms with Crippen LogP contribution in [0.4, 0.5) is 5.69 Å².